The van der Waals surface area contributed by atoms with E-state index < -0.39 is 0 Å². The van der Waals surface area contributed by atoms with Gasteiger partial charge in [-0.05, 0) is 18.7 Å². The SMILES string of the molecule is COC(=O)C(C)CN(C)Cc1ccc(CN)c(OC)c1. The molecule has 1 unspecified atom stereocenters. The number of esters is 1. The van der Waals surface area contributed by atoms with E-state index in [2.05, 4.69) is 4.90 Å². The predicted octanol–water partition coefficient (Wildman–Crippen LogP) is 1.39. The monoisotopic (exact) mass is 280 g/mol. The largest absolute Gasteiger partial charge is 0.496 e. The second-order valence-corrected chi connectivity index (χ2v) is 4.97. The van der Waals surface area contributed by atoms with Gasteiger partial charge in [0.15, 0.2) is 0 Å². The number of methoxy groups -OCH3 is 2. The van der Waals surface area contributed by atoms with Gasteiger partial charge in [-0.3, -0.25) is 4.79 Å². The first-order valence-electron chi connectivity index (χ1n) is 6.64. The molecular formula is C15H24N2O3. The third-order valence-corrected chi connectivity index (χ3v) is 3.21. The van der Waals surface area contributed by atoms with E-state index in [4.69, 9.17) is 15.2 Å². The highest BCUT2D eigenvalue weighted by atomic mass is 16.5. The summed E-state index contributed by atoms with van der Waals surface area (Å²) < 4.78 is 10.1. The third kappa shape index (κ3) is 4.51. The quantitative estimate of drug-likeness (QED) is 0.765. The molecule has 5 nitrogen and oxygen atoms in total. The van der Waals surface area contributed by atoms with Gasteiger partial charge in [0, 0.05) is 25.2 Å². The van der Waals surface area contributed by atoms with Gasteiger partial charge in [0.05, 0.1) is 20.1 Å². The van der Waals surface area contributed by atoms with Crippen LogP contribution in [0.3, 0.4) is 0 Å². The molecule has 0 aliphatic heterocycles. The summed E-state index contributed by atoms with van der Waals surface area (Å²) in [5.41, 5.74) is 7.76. The van der Waals surface area contributed by atoms with Crippen LogP contribution in [0.4, 0.5) is 0 Å². The smallest absolute Gasteiger partial charge is 0.309 e. The molecule has 2 N–H and O–H groups in total. The van der Waals surface area contributed by atoms with Crippen LogP contribution in [0.1, 0.15) is 18.1 Å². The number of rotatable bonds is 7. The van der Waals surface area contributed by atoms with E-state index in [-0.39, 0.29) is 11.9 Å². The van der Waals surface area contributed by atoms with Gasteiger partial charge in [-0.1, -0.05) is 19.1 Å². The molecule has 1 atom stereocenters. The highest BCUT2D eigenvalue weighted by Gasteiger charge is 2.15. The molecule has 0 aliphatic rings. The number of nitrogens with two attached hydrogens (primary N) is 1. The van der Waals surface area contributed by atoms with E-state index >= 15 is 0 Å². The number of carbonyl (C=O) groups is 1. The minimum absolute atomic E-state index is 0.143. The number of nitrogens with zero attached hydrogens (tertiary/aromatic N) is 1. The summed E-state index contributed by atoms with van der Waals surface area (Å²) in [4.78, 5) is 13.5. The molecule has 1 aromatic rings. The second-order valence-electron chi connectivity index (χ2n) is 4.97. The minimum Gasteiger partial charge on any atom is -0.496 e. The van der Waals surface area contributed by atoms with E-state index in [1.807, 2.05) is 32.2 Å². The molecule has 0 saturated carbocycles. The van der Waals surface area contributed by atoms with Crippen molar-refractivity contribution in [2.24, 2.45) is 11.7 Å². The van der Waals surface area contributed by atoms with Crippen molar-refractivity contribution >= 4 is 5.97 Å². The maximum absolute atomic E-state index is 11.4. The van der Waals surface area contributed by atoms with Crippen LogP contribution in [0.5, 0.6) is 5.75 Å². The van der Waals surface area contributed by atoms with Crippen molar-refractivity contribution in [2.75, 3.05) is 27.8 Å². The third-order valence-electron chi connectivity index (χ3n) is 3.21. The Balaban J connectivity index is 2.66. The van der Waals surface area contributed by atoms with Crippen LogP contribution in [0.2, 0.25) is 0 Å². The zero-order chi connectivity index (χ0) is 15.1. The molecule has 1 aromatic carbocycles. The van der Waals surface area contributed by atoms with Crippen molar-refractivity contribution in [3.63, 3.8) is 0 Å². The lowest BCUT2D eigenvalue weighted by Crippen LogP contribution is -2.29. The van der Waals surface area contributed by atoms with Crippen molar-refractivity contribution in [1.82, 2.24) is 4.90 Å². The van der Waals surface area contributed by atoms with Gasteiger partial charge >= 0.3 is 5.97 Å². The fraction of sp³-hybridized carbons (Fsp3) is 0.533. The van der Waals surface area contributed by atoms with Crippen molar-refractivity contribution in [1.29, 1.82) is 0 Å². The molecule has 0 amide bonds. The van der Waals surface area contributed by atoms with E-state index in [0.717, 1.165) is 23.4 Å². The van der Waals surface area contributed by atoms with Crippen molar-refractivity contribution in [3.8, 4) is 5.75 Å². The molecule has 0 aliphatic carbocycles. The summed E-state index contributed by atoms with van der Waals surface area (Å²) in [6, 6.07) is 6.00. The maximum atomic E-state index is 11.4. The lowest BCUT2D eigenvalue weighted by molar-refractivity contribution is -0.145. The standard InChI is InChI=1S/C15H24N2O3/c1-11(15(18)20-4)9-17(2)10-12-5-6-13(8-16)14(7-12)19-3/h5-7,11H,8-10,16H2,1-4H3. The number of hydrogen-bond acceptors (Lipinski definition) is 5. The fourth-order valence-electron chi connectivity index (χ4n) is 2.18. The van der Waals surface area contributed by atoms with Gasteiger partial charge in [-0.25, -0.2) is 0 Å². The van der Waals surface area contributed by atoms with Gasteiger partial charge in [0.2, 0.25) is 0 Å². The highest BCUT2D eigenvalue weighted by molar-refractivity contribution is 5.72. The Hall–Kier alpha value is -1.59. The number of hydrogen-bond donors (Lipinski definition) is 1. The Labute approximate surface area is 120 Å². The Morgan fingerprint density at radius 3 is 2.65 bits per heavy atom. The normalized spacial score (nSPS) is 12.3. The van der Waals surface area contributed by atoms with Gasteiger partial charge < -0.3 is 20.1 Å². The summed E-state index contributed by atoms with van der Waals surface area (Å²) in [6.07, 6.45) is 0. The Morgan fingerprint density at radius 1 is 1.40 bits per heavy atom. The average molecular weight is 280 g/mol. The van der Waals surface area contributed by atoms with Crippen molar-refractivity contribution < 1.29 is 14.3 Å². The van der Waals surface area contributed by atoms with Crippen LogP contribution < -0.4 is 10.5 Å². The van der Waals surface area contributed by atoms with Crippen LogP contribution in [0.25, 0.3) is 0 Å². The first-order chi connectivity index (χ1) is 9.51. The van der Waals surface area contributed by atoms with Crippen LogP contribution in [0, 0.1) is 5.92 Å². The summed E-state index contributed by atoms with van der Waals surface area (Å²) in [5, 5.41) is 0. The average Bonchev–Trinajstić information content (AvgIpc) is 2.45. The van der Waals surface area contributed by atoms with E-state index in [9.17, 15) is 4.79 Å². The molecule has 0 saturated heterocycles. The maximum Gasteiger partial charge on any atom is 0.309 e. The van der Waals surface area contributed by atoms with Gasteiger partial charge in [-0.2, -0.15) is 0 Å². The summed E-state index contributed by atoms with van der Waals surface area (Å²) in [5.74, 6) is 0.475. The van der Waals surface area contributed by atoms with Crippen LogP contribution >= 0.6 is 0 Å². The van der Waals surface area contributed by atoms with Crippen LogP contribution in [-0.2, 0) is 22.6 Å². The fourth-order valence-corrected chi connectivity index (χ4v) is 2.18. The molecular weight excluding hydrogens is 256 g/mol. The molecule has 5 heteroatoms. The molecule has 0 bridgehead atoms. The number of benzene rings is 1. The van der Waals surface area contributed by atoms with Crippen molar-refractivity contribution in [2.45, 2.75) is 20.0 Å². The predicted molar refractivity (Wildman–Crippen MR) is 78.4 cm³/mol. The molecule has 0 aromatic heterocycles. The summed E-state index contributed by atoms with van der Waals surface area (Å²) in [7, 11) is 5.03. The summed E-state index contributed by atoms with van der Waals surface area (Å²) in [6.45, 7) is 3.70. The molecule has 0 fully saturated rings. The van der Waals surface area contributed by atoms with Gasteiger partial charge in [0.25, 0.3) is 0 Å². The molecule has 112 valence electrons. The minimum atomic E-state index is -0.187. The highest BCUT2D eigenvalue weighted by Crippen LogP contribution is 2.20. The van der Waals surface area contributed by atoms with E-state index in [0.29, 0.717) is 13.1 Å². The molecule has 20 heavy (non-hydrogen) atoms. The zero-order valence-corrected chi connectivity index (χ0v) is 12.7. The Morgan fingerprint density at radius 2 is 2.10 bits per heavy atom. The first-order valence-corrected chi connectivity index (χ1v) is 6.64. The Kier molecular flexibility index (Phi) is 6.48. The topological polar surface area (TPSA) is 64.8 Å². The van der Waals surface area contributed by atoms with Crippen LogP contribution in [0.15, 0.2) is 18.2 Å². The number of carbonyl (C=O) groups excluding carboxylic acids is 1. The van der Waals surface area contributed by atoms with Gasteiger partial charge in [0.1, 0.15) is 5.75 Å². The second kappa shape index (κ2) is 7.87. The number of ether oxygens (including phenoxy) is 2. The molecule has 0 radical (unpaired) electrons. The molecule has 1 rings (SSSR count). The zero-order valence-electron chi connectivity index (χ0n) is 12.7. The first kappa shape index (κ1) is 16.5. The van der Waals surface area contributed by atoms with Crippen molar-refractivity contribution in [3.05, 3.63) is 29.3 Å². The van der Waals surface area contributed by atoms with E-state index in [1.165, 1.54) is 7.11 Å². The van der Waals surface area contributed by atoms with E-state index in [1.54, 1.807) is 7.11 Å². The summed E-state index contributed by atoms with van der Waals surface area (Å²) >= 11 is 0. The Bertz CT molecular complexity index is 449. The lowest BCUT2D eigenvalue weighted by atomic mass is 10.1. The lowest BCUT2D eigenvalue weighted by Gasteiger charge is -2.20. The van der Waals surface area contributed by atoms with Gasteiger partial charge in [-0.15, -0.1) is 0 Å². The van der Waals surface area contributed by atoms with Crippen LogP contribution in [-0.4, -0.2) is 38.7 Å². The molecule has 0 spiro atoms. The molecule has 0 heterocycles.